The van der Waals surface area contributed by atoms with Gasteiger partial charge in [-0.1, -0.05) is 0 Å². The highest BCUT2D eigenvalue weighted by molar-refractivity contribution is 7.07. The number of nitrogens with zero attached hydrogens (tertiary/aromatic N) is 3. The Morgan fingerprint density at radius 3 is 2.79 bits per heavy atom. The fourth-order valence-corrected chi connectivity index (χ4v) is 2.92. The molecule has 2 aromatic rings. The largest absolute Gasteiger partial charge is 0.490 e. The molecule has 0 aromatic carbocycles. The lowest BCUT2D eigenvalue weighted by molar-refractivity contribution is -0.192. The standard InChI is InChI=1S/C14H18N4O3S.C2HF3O2/c1-20-5-3-18-7-10-2-4-21-12(13(10)17-18)6-15-14(19)11-8-22-9-16-11;3-2(4,5)1(6)7/h7-9,12H,2-6H2,1H3,(H,15,19);(H,6,7). The fraction of sp³-hybridized carbons (Fsp3) is 0.500. The lowest BCUT2D eigenvalue weighted by Gasteiger charge is -2.22. The van der Waals surface area contributed by atoms with Gasteiger partial charge in [-0.05, 0) is 12.0 Å². The number of methoxy groups -OCH3 is 1. The average Bonchev–Trinajstić information content (AvgIpc) is 3.33. The number of ether oxygens (including phenoxy) is 2. The predicted octanol–water partition coefficient (Wildman–Crippen LogP) is 1.66. The van der Waals surface area contributed by atoms with E-state index in [9.17, 15) is 18.0 Å². The van der Waals surface area contributed by atoms with Crippen LogP contribution in [0.1, 0.15) is 27.8 Å². The molecule has 29 heavy (non-hydrogen) atoms. The zero-order chi connectivity index (χ0) is 21.4. The van der Waals surface area contributed by atoms with E-state index in [0.29, 0.717) is 32.0 Å². The van der Waals surface area contributed by atoms with Gasteiger partial charge in [0.2, 0.25) is 0 Å². The second kappa shape index (κ2) is 10.3. The first kappa shape index (κ1) is 22.8. The van der Waals surface area contributed by atoms with Gasteiger partial charge in [-0.2, -0.15) is 18.3 Å². The molecule has 0 fully saturated rings. The van der Waals surface area contributed by atoms with Gasteiger partial charge in [0.15, 0.2) is 0 Å². The van der Waals surface area contributed by atoms with Crippen molar-refractivity contribution in [1.29, 1.82) is 0 Å². The van der Waals surface area contributed by atoms with Gasteiger partial charge in [-0.3, -0.25) is 9.48 Å². The summed E-state index contributed by atoms with van der Waals surface area (Å²) in [5, 5.41) is 16.3. The summed E-state index contributed by atoms with van der Waals surface area (Å²) in [4.78, 5) is 24.8. The van der Waals surface area contributed by atoms with E-state index in [0.717, 1.165) is 12.1 Å². The summed E-state index contributed by atoms with van der Waals surface area (Å²) in [6.45, 7) is 2.36. The van der Waals surface area contributed by atoms with Crippen molar-refractivity contribution in [1.82, 2.24) is 20.1 Å². The van der Waals surface area contributed by atoms with Crippen molar-refractivity contribution in [3.8, 4) is 0 Å². The van der Waals surface area contributed by atoms with E-state index in [1.807, 2.05) is 10.9 Å². The Balaban J connectivity index is 0.000000370. The number of hydrogen-bond donors (Lipinski definition) is 2. The smallest absolute Gasteiger partial charge is 0.475 e. The number of alkyl halides is 3. The van der Waals surface area contributed by atoms with Gasteiger partial charge in [0, 0.05) is 25.2 Å². The molecule has 0 aliphatic carbocycles. The molecule has 2 N–H and O–H groups in total. The number of hydrogen-bond acceptors (Lipinski definition) is 7. The van der Waals surface area contributed by atoms with Crippen LogP contribution in [0.4, 0.5) is 13.2 Å². The SMILES string of the molecule is COCCn1cc2c(n1)C(CNC(=O)c1cscn1)OCC2.O=C(O)C(F)(F)F. The van der Waals surface area contributed by atoms with E-state index >= 15 is 0 Å². The first-order valence-electron chi connectivity index (χ1n) is 8.35. The number of fused-ring (bicyclic) bond motifs is 1. The minimum atomic E-state index is -5.08. The quantitative estimate of drug-likeness (QED) is 0.708. The maximum absolute atomic E-state index is 11.9. The molecular weight excluding hydrogens is 417 g/mol. The highest BCUT2D eigenvalue weighted by Gasteiger charge is 2.38. The molecule has 1 amide bonds. The van der Waals surface area contributed by atoms with E-state index in [1.165, 1.54) is 16.9 Å². The molecule has 1 unspecified atom stereocenters. The van der Waals surface area contributed by atoms with Crippen LogP contribution in [-0.4, -0.2) is 64.8 Å². The van der Waals surface area contributed by atoms with Crippen molar-refractivity contribution < 1.29 is 37.3 Å². The molecule has 13 heteroatoms. The Labute approximate surface area is 167 Å². The predicted molar refractivity (Wildman–Crippen MR) is 94.6 cm³/mol. The van der Waals surface area contributed by atoms with Crippen LogP contribution in [0.3, 0.4) is 0 Å². The molecule has 9 nitrogen and oxygen atoms in total. The van der Waals surface area contributed by atoms with Crippen LogP contribution in [0.25, 0.3) is 0 Å². The number of thiazole rings is 1. The van der Waals surface area contributed by atoms with E-state index in [4.69, 9.17) is 19.4 Å². The first-order chi connectivity index (χ1) is 13.7. The molecule has 0 spiro atoms. The zero-order valence-corrected chi connectivity index (χ0v) is 16.1. The molecule has 1 atom stereocenters. The highest BCUT2D eigenvalue weighted by atomic mass is 32.1. The van der Waals surface area contributed by atoms with Gasteiger partial charge in [0.05, 0.1) is 31.0 Å². The number of nitrogens with one attached hydrogen (secondary N) is 1. The van der Waals surface area contributed by atoms with Gasteiger partial charge < -0.3 is 19.9 Å². The summed E-state index contributed by atoms with van der Waals surface area (Å²) < 4.78 is 44.4. The van der Waals surface area contributed by atoms with E-state index in [2.05, 4.69) is 15.4 Å². The van der Waals surface area contributed by atoms with Gasteiger partial charge in [0.1, 0.15) is 11.8 Å². The van der Waals surface area contributed by atoms with Crippen molar-refractivity contribution in [2.75, 3.05) is 26.9 Å². The minimum absolute atomic E-state index is 0.184. The van der Waals surface area contributed by atoms with E-state index in [-0.39, 0.29) is 12.0 Å². The highest BCUT2D eigenvalue weighted by Crippen LogP contribution is 2.25. The molecule has 1 aliphatic heterocycles. The Kier molecular flexibility index (Phi) is 8.10. The number of carboxylic acids is 1. The number of rotatable bonds is 6. The van der Waals surface area contributed by atoms with E-state index < -0.39 is 12.1 Å². The van der Waals surface area contributed by atoms with Gasteiger partial charge in [-0.25, -0.2) is 9.78 Å². The normalized spacial score (nSPS) is 15.8. The summed E-state index contributed by atoms with van der Waals surface area (Å²) in [6, 6.07) is 0. The topological polar surface area (TPSA) is 116 Å². The van der Waals surface area contributed by atoms with Crippen LogP contribution in [0.5, 0.6) is 0 Å². The maximum atomic E-state index is 11.9. The van der Waals surface area contributed by atoms with Crippen molar-refractivity contribution in [3.63, 3.8) is 0 Å². The van der Waals surface area contributed by atoms with Gasteiger partial charge in [-0.15, -0.1) is 11.3 Å². The summed E-state index contributed by atoms with van der Waals surface area (Å²) in [7, 11) is 1.67. The Morgan fingerprint density at radius 1 is 1.48 bits per heavy atom. The molecule has 3 heterocycles. The van der Waals surface area contributed by atoms with Crippen molar-refractivity contribution in [3.05, 3.63) is 34.0 Å². The van der Waals surface area contributed by atoms with Gasteiger partial charge >= 0.3 is 12.1 Å². The molecule has 0 saturated heterocycles. The number of carbonyl (C=O) groups is 2. The fourth-order valence-electron chi connectivity index (χ4n) is 2.39. The summed E-state index contributed by atoms with van der Waals surface area (Å²) in [5.41, 5.74) is 4.16. The van der Waals surface area contributed by atoms with Crippen molar-refractivity contribution in [2.24, 2.45) is 0 Å². The van der Waals surface area contributed by atoms with Crippen LogP contribution in [0.15, 0.2) is 17.1 Å². The molecule has 0 saturated carbocycles. The summed E-state index contributed by atoms with van der Waals surface area (Å²) >= 11 is 1.40. The number of aromatic nitrogens is 3. The summed E-state index contributed by atoms with van der Waals surface area (Å²) in [6.07, 6.45) is -2.42. The zero-order valence-electron chi connectivity index (χ0n) is 15.3. The maximum Gasteiger partial charge on any atom is 0.490 e. The molecular formula is C16H19F3N4O5S. The van der Waals surface area contributed by atoms with Crippen LogP contribution in [0, 0.1) is 0 Å². The number of carbonyl (C=O) groups excluding carboxylic acids is 1. The third-order valence-electron chi connectivity index (χ3n) is 3.75. The summed E-state index contributed by atoms with van der Waals surface area (Å²) in [5.74, 6) is -2.94. The lowest BCUT2D eigenvalue weighted by atomic mass is 10.1. The number of amides is 1. The number of aliphatic carboxylic acids is 1. The Hall–Kier alpha value is -2.51. The van der Waals surface area contributed by atoms with Crippen LogP contribution in [-0.2, 0) is 27.2 Å². The lowest BCUT2D eigenvalue weighted by Crippen LogP contribution is -2.32. The number of halogens is 3. The molecule has 160 valence electrons. The third-order valence-corrected chi connectivity index (χ3v) is 4.33. The Morgan fingerprint density at radius 2 is 2.21 bits per heavy atom. The number of carboxylic acid groups (broad SMARTS) is 1. The van der Waals surface area contributed by atoms with Crippen LogP contribution < -0.4 is 5.32 Å². The van der Waals surface area contributed by atoms with Crippen LogP contribution in [0.2, 0.25) is 0 Å². The average molecular weight is 436 g/mol. The molecule has 2 aromatic heterocycles. The molecule has 1 aliphatic rings. The third kappa shape index (κ3) is 6.80. The molecule has 3 rings (SSSR count). The second-order valence-corrected chi connectivity index (χ2v) is 6.51. The van der Waals surface area contributed by atoms with E-state index in [1.54, 1.807) is 18.0 Å². The van der Waals surface area contributed by atoms with Crippen molar-refractivity contribution >= 4 is 23.2 Å². The van der Waals surface area contributed by atoms with Crippen LogP contribution >= 0.6 is 11.3 Å². The minimum Gasteiger partial charge on any atom is -0.475 e. The first-order valence-corrected chi connectivity index (χ1v) is 9.30. The molecule has 0 bridgehead atoms. The monoisotopic (exact) mass is 436 g/mol. The Bertz CT molecular complexity index is 810. The second-order valence-electron chi connectivity index (χ2n) is 5.79. The van der Waals surface area contributed by atoms with Gasteiger partial charge in [0.25, 0.3) is 5.91 Å². The molecule has 0 radical (unpaired) electrons. The van der Waals surface area contributed by atoms with Crippen molar-refractivity contribution in [2.45, 2.75) is 25.2 Å².